The normalized spacial score (nSPS) is 12.0. The molecule has 1 amide bonds. The Morgan fingerprint density at radius 1 is 1.08 bits per heavy atom. The minimum atomic E-state index is -0.599. The van der Waals surface area contributed by atoms with E-state index in [1.807, 2.05) is 32.0 Å². The van der Waals surface area contributed by atoms with Crippen molar-refractivity contribution in [2.75, 3.05) is 5.32 Å². The molecule has 0 heterocycles. The van der Waals surface area contributed by atoms with Crippen molar-refractivity contribution in [2.45, 2.75) is 32.7 Å². The van der Waals surface area contributed by atoms with Crippen molar-refractivity contribution < 1.29 is 9.59 Å². The molecule has 132 valence electrons. The van der Waals surface area contributed by atoms with Gasteiger partial charge in [-0.15, -0.1) is 0 Å². The third-order valence-electron chi connectivity index (χ3n) is 4.38. The van der Waals surface area contributed by atoms with Crippen LogP contribution >= 0.6 is 15.9 Å². The molecule has 2 rings (SSSR count). The van der Waals surface area contributed by atoms with Crippen LogP contribution < -0.4 is 11.1 Å². The van der Waals surface area contributed by atoms with E-state index in [0.29, 0.717) is 16.8 Å². The van der Waals surface area contributed by atoms with Crippen LogP contribution in [0.1, 0.15) is 42.6 Å². The minimum absolute atomic E-state index is 0.115. The second kappa shape index (κ2) is 8.92. The van der Waals surface area contributed by atoms with E-state index in [0.717, 1.165) is 17.3 Å². The van der Waals surface area contributed by atoms with Gasteiger partial charge >= 0.3 is 0 Å². The van der Waals surface area contributed by atoms with Gasteiger partial charge in [-0.25, -0.2) is 0 Å². The summed E-state index contributed by atoms with van der Waals surface area (Å²) >= 11 is 3.39. The molecule has 0 aliphatic heterocycles. The quantitative estimate of drug-likeness (QED) is 0.674. The Bertz CT molecular complexity index is 743. The van der Waals surface area contributed by atoms with E-state index in [4.69, 9.17) is 5.73 Å². The van der Waals surface area contributed by atoms with Crippen LogP contribution in [-0.4, -0.2) is 17.7 Å². The molecule has 0 aromatic heterocycles. The van der Waals surface area contributed by atoms with Gasteiger partial charge in [0, 0.05) is 15.6 Å². The molecule has 3 N–H and O–H groups in total. The summed E-state index contributed by atoms with van der Waals surface area (Å²) in [5, 5.41) is 2.83. The molecule has 0 radical (unpaired) electrons. The molecular formula is C20H23BrN2O2. The number of rotatable bonds is 7. The Balaban J connectivity index is 2.30. The Kier molecular flexibility index (Phi) is 6.91. The van der Waals surface area contributed by atoms with E-state index >= 15 is 0 Å². The van der Waals surface area contributed by atoms with Crippen LogP contribution in [-0.2, 0) is 4.79 Å². The first-order valence-electron chi connectivity index (χ1n) is 8.43. The molecule has 0 spiro atoms. The summed E-state index contributed by atoms with van der Waals surface area (Å²) in [5.74, 6) is -0.296. The van der Waals surface area contributed by atoms with Gasteiger partial charge in [-0.2, -0.15) is 0 Å². The molecule has 1 atom stereocenters. The standard InChI is InChI=1S/C20H23BrN2O2/c1-3-13(4-2)18(22)20(25)23-17-11-10-15(21)12-16(17)19(24)14-8-6-5-7-9-14/h5-13,18H,3-4,22H2,1-2H3,(H,23,25)/t18-/m0/s1. The van der Waals surface area contributed by atoms with Gasteiger partial charge in [0.25, 0.3) is 0 Å². The number of carbonyl (C=O) groups is 2. The van der Waals surface area contributed by atoms with Crippen LogP contribution in [0.5, 0.6) is 0 Å². The molecule has 25 heavy (non-hydrogen) atoms. The lowest BCUT2D eigenvalue weighted by Gasteiger charge is -2.21. The fourth-order valence-electron chi connectivity index (χ4n) is 2.79. The fraction of sp³-hybridized carbons (Fsp3) is 0.300. The summed E-state index contributed by atoms with van der Waals surface area (Å²) < 4.78 is 0.772. The van der Waals surface area contributed by atoms with Gasteiger partial charge in [0.05, 0.1) is 11.7 Å². The third kappa shape index (κ3) is 4.77. The van der Waals surface area contributed by atoms with Crippen molar-refractivity contribution >= 4 is 33.3 Å². The van der Waals surface area contributed by atoms with Gasteiger partial charge < -0.3 is 11.1 Å². The van der Waals surface area contributed by atoms with Gasteiger partial charge in [-0.05, 0) is 24.1 Å². The molecule has 2 aromatic carbocycles. The molecule has 2 aromatic rings. The summed E-state index contributed by atoms with van der Waals surface area (Å²) in [6.07, 6.45) is 1.67. The summed E-state index contributed by atoms with van der Waals surface area (Å²) in [7, 11) is 0. The number of nitrogens with two attached hydrogens (primary N) is 1. The van der Waals surface area contributed by atoms with E-state index in [2.05, 4.69) is 21.2 Å². The van der Waals surface area contributed by atoms with Gasteiger partial charge in [0.2, 0.25) is 5.91 Å². The topological polar surface area (TPSA) is 72.2 Å². The van der Waals surface area contributed by atoms with Crippen molar-refractivity contribution in [3.63, 3.8) is 0 Å². The fourth-order valence-corrected chi connectivity index (χ4v) is 3.15. The van der Waals surface area contributed by atoms with Crippen molar-refractivity contribution in [2.24, 2.45) is 11.7 Å². The number of amides is 1. The first kappa shape index (κ1) is 19.3. The summed E-state index contributed by atoms with van der Waals surface area (Å²) in [6, 6.07) is 13.6. The van der Waals surface area contributed by atoms with Crippen molar-refractivity contribution in [3.8, 4) is 0 Å². The number of nitrogens with one attached hydrogen (secondary N) is 1. The van der Waals surface area contributed by atoms with E-state index < -0.39 is 6.04 Å². The second-order valence-corrected chi connectivity index (χ2v) is 6.89. The number of ketones is 1. The lowest BCUT2D eigenvalue weighted by Crippen LogP contribution is -2.41. The molecule has 0 fully saturated rings. The maximum atomic E-state index is 12.8. The first-order valence-corrected chi connectivity index (χ1v) is 9.22. The summed E-state index contributed by atoms with van der Waals surface area (Å²) in [5.41, 5.74) is 7.57. The Morgan fingerprint density at radius 2 is 1.72 bits per heavy atom. The van der Waals surface area contributed by atoms with Crippen LogP contribution in [0.25, 0.3) is 0 Å². The van der Waals surface area contributed by atoms with E-state index in [1.54, 1.807) is 30.3 Å². The third-order valence-corrected chi connectivity index (χ3v) is 4.87. The van der Waals surface area contributed by atoms with Gasteiger partial charge in [0.1, 0.15) is 0 Å². The highest BCUT2D eigenvalue weighted by molar-refractivity contribution is 9.10. The van der Waals surface area contributed by atoms with Crippen LogP contribution in [0.15, 0.2) is 53.0 Å². The number of hydrogen-bond acceptors (Lipinski definition) is 3. The summed E-state index contributed by atoms with van der Waals surface area (Å²) in [6.45, 7) is 4.04. The molecule has 0 saturated heterocycles. The second-order valence-electron chi connectivity index (χ2n) is 5.98. The highest BCUT2D eigenvalue weighted by Crippen LogP contribution is 2.25. The van der Waals surface area contributed by atoms with Crippen LogP contribution in [0.3, 0.4) is 0 Å². The highest BCUT2D eigenvalue weighted by Gasteiger charge is 2.23. The zero-order valence-corrected chi connectivity index (χ0v) is 16.0. The zero-order valence-electron chi connectivity index (χ0n) is 14.5. The van der Waals surface area contributed by atoms with E-state index in [9.17, 15) is 9.59 Å². The van der Waals surface area contributed by atoms with Gasteiger partial charge in [-0.3, -0.25) is 9.59 Å². The van der Waals surface area contributed by atoms with Crippen LogP contribution in [0.4, 0.5) is 5.69 Å². The Hall–Kier alpha value is -1.98. The molecule has 5 heteroatoms. The first-order chi connectivity index (χ1) is 12.0. The Morgan fingerprint density at radius 3 is 2.32 bits per heavy atom. The molecular weight excluding hydrogens is 380 g/mol. The SMILES string of the molecule is CCC(CC)[C@H](N)C(=O)Nc1ccc(Br)cc1C(=O)c1ccccc1. The zero-order chi connectivity index (χ0) is 18.4. The number of benzene rings is 2. The van der Waals surface area contributed by atoms with E-state index in [1.165, 1.54) is 0 Å². The number of anilines is 1. The molecule has 0 aliphatic carbocycles. The predicted molar refractivity (Wildman–Crippen MR) is 105 cm³/mol. The summed E-state index contributed by atoms with van der Waals surface area (Å²) in [4.78, 5) is 25.3. The van der Waals surface area contributed by atoms with Gasteiger partial charge in [-0.1, -0.05) is 73.0 Å². The van der Waals surface area contributed by atoms with Crippen molar-refractivity contribution in [1.29, 1.82) is 0 Å². The average molecular weight is 403 g/mol. The van der Waals surface area contributed by atoms with Crippen LogP contribution in [0.2, 0.25) is 0 Å². The molecule has 0 saturated carbocycles. The molecule has 0 aliphatic rings. The minimum Gasteiger partial charge on any atom is -0.324 e. The maximum Gasteiger partial charge on any atom is 0.241 e. The largest absolute Gasteiger partial charge is 0.324 e. The molecule has 0 unspecified atom stereocenters. The van der Waals surface area contributed by atoms with Gasteiger partial charge in [0.15, 0.2) is 5.78 Å². The lowest BCUT2D eigenvalue weighted by atomic mass is 9.94. The van der Waals surface area contributed by atoms with E-state index in [-0.39, 0.29) is 17.6 Å². The monoisotopic (exact) mass is 402 g/mol. The number of hydrogen-bond donors (Lipinski definition) is 2. The number of carbonyl (C=O) groups excluding carboxylic acids is 2. The van der Waals surface area contributed by atoms with Crippen molar-refractivity contribution in [3.05, 3.63) is 64.1 Å². The smallest absolute Gasteiger partial charge is 0.241 e. The molecule has 4 nitrogen and oxygen atoms in total. The van der Waals surface area contributed by atoms with Crippen molar-refractivity contribution in [1.82, 2.24) is 0 Å². The van der Waals surface area contributed by atoms with Crippen LogP contribution in [0, 0.1) is 5.92 Å². The highest BCUT2D eigenvalue weighted by atomic mass is 79.9. The number of halogens is 1. The Labute approximate surface area is 156 Å². The predicted octanol–water partition coefficient (Wildman–Crippen LogP) is 4.38. The average Bonchev–Trinajstić information content (AvgIpc) is 2.64. The maximum absolute atomic E-state index is 12.8. The molecule has 0 bridgehead atoms. The lowest BCUT2D eigenvalue weighted by molar-refractivity contribution is -0.118.